The van der Waals surface area contributed by atoms with E-state index in [1.165, 1.54) is 40.9 Å². The highest BCUT2D eigenvalue weighted by molar-refractivity contribution is 7.07. The van der Waals surface area contributed by atoms with Crippen LogP contribution in [0, 0.1) is 0 Å². The first-order valence-corrected chi connectivity index (χ1v) is 14.5. The van der Waals surface area contributed by atoms with E-state index in [1.54, 1.807) is 37.3 Å². The van der Waals surface area contributed by atoms with Crippen molar-refractivity contribution >= 4 is 29.4 Å². The van der Waals surface area contributed by atoms with Crippen LogP contribution in [0.4, 0.5) is 0 Å². The number of aromatic nitrogens is 1. The number of methoxy groups -OCH3 is 1. The first-order valence-electron chi connectivity index (χ1n) is 13.7. The number of allylic oxidation sites excluding steroid dienone is 1. The summed E-state index contributed by atoms with van der Waals surface area (Å²) in [6.45, 7) is 8.45. The highest BCUT2D eigenvalue weighted by atomic mass is 32.1. The molecule has 43 heavy (non-hydrogen) atoms. The van der Waals surface area contributed by atoms with Gasteiger partial charge in [0.2, 0.25) is 5.76 Å². The largest absolute Gasteiger partial charge is 0.460 e. The Hall–Kier alpha value is -4.54. The Balaban J connectivity index is 1.55. The summed E-state index contributed by atoms with van der Waals surface area (Å²) >= 11 is 1.26. The Morgan fingerprint density at radius 2 is 1.74 bits per heavy atom. The van der Waals surface area contributed by atoms with Crippen LogP contribution in [0.1, 0.15) is 61.0 Å². The maximum absolute atomic E-state index is 13.9. The normalized spacial score (nSPS) is 15.2. The average molecular weight is 601 g/mol. The Bertz CT molecular complexity index is 1840. The molecule has 0 fully saturated rings. The van der Waals surface area contributed by atoms with Gasteiger partial charge in [0.25, 0.3) is 5.56 Å². The number of carbonyl (C=O) groups excluding carboxylic acids is 2. The number of ether oxygens (including phenoxy) is 3. The Morgan fingerprint density at radius 3 is 2.37 bits per heavy atom. The molecule has 2 aromatic carbocycles. The van der Waals surface area contributed by atoms with Crippen molar-refractivity contribution in [2.75, 3.05) is 20.3 Å². The van der Waals surface area contributed by atoms with E-state index >= 15 is 0 Å². The topological polar surface area (TPSA) is 109 Å². The molecule has 0 spiro atoms. The Kier molecular flexibility index (Phi) is 8.61. The second-order valence-corrected chi connectivity index (χ2v) is 12.0. The van der Waals surface area contributed by atoms with E-state index in [2.05, 4.69) is 37.9 Å². The summed E-state index contributed by atoms with van der Waals surface area (Å²) < 4.78 is 23.0. The molecule has 0 saturated carbocycles. The van der Waals surface area contributed by atoms with Gasteiger partial charge in [0.15, 0.2) is 4.80 Å². The molecular weight excluding hydrogens is 568 g/mol. The van der Waals surface area contributed by atoms with Crippen LogP contribution in [0.3, 0.4) is 0 Å². The van der Waals surface area contributed by atoms with Crippen LogP contribution in [0.5, 0.6) is 5.75 Å². The lowest BCUT2D eigenvalue weighted by Crippen LogP contribution is -2.40. The predicted octanol–water partition coefficient (Wildman–Crippen LogP) is 4.53. The van der Waals surface area contributed by atoms with E-state index in [0.29, 0.717) is 20.6 Å². The van der Waals surface area contributed by atoms with Gasteiger partial charge in [-0.3, -0.25) is 9.36 Å². The van der Waals surface area contributed by atoms with Crippen molar-refractivity contribution in [1.82, 2.24) is 4.57 Å². The fraction of sp³-hybridized carbons (Fsp3) is 0.273. The highest BCUT2D eigenvalue weighted by Gasteiger charge is 2.33. The lowest BCUT2D eigenvalue weighted by molar-refractivity contribution is -0.140. The zero-order valence-electron chi connectivity index (χ0n) is 24.6. The molecule has 9 nitrogen and oxygen atoms in total. The molecule has 2 aromatic heterocycles. The van der Waals surface area contributed by atoms with Crippen LogP contribution in [0.25, 0.3) is 6.08 Å². The van der Waals surface area contributed by atoms with Crippen molar-refractivity contribution in [1.29, 1.82) is 0 Å². The Labute approximate surface area is 252 Å². The molecule has 1 aliphatic heterocycles. The second-order valence-electron chi connectivity index (χ2n) is 11.0. The van der Waals surface area contributed by atoms with Crippen LogP contribution >= 0.6 is 11.3 Å². The smallest absolute Gasteiger partial charge is 0.379 e. The lowest BCUT2D eigenvalue weighted by atomic mass is 9.87. The molecule has 0 bridgehead atoms. The highest BCUT2D eigenvalue weighted by Crippen LogP contribution is 2.32. The van der Waals surface area contributed by atoms with Crippen molar-refractivity contribution in [2.24, 2.45) is 4.99 Å². The summed E-state index contributed by atoms with van der Waals surface area (Å²) in [6, 6.07) is 17.0. The zero-order chi connectivity index (χ0) is 30.7. The number of nitrogens with zero attached hydrogens (tertiary/aromatic N) is 2. The molecule has 0 N–H and O–H groups in total. The third-order valence-corrected chi connectivity index (χ3v) is 7.95. The number of fused-ring (bicyclic) bond motifs is 1. The summed E-state index contributed by atoms with van der Waals surface area (Å²) in [7, 11) is 1.52. The maximum Gasteiger partial charge on any atom is 0.379 e. The maximum atomic E-state index is 13.9. The molecule has 4 aromatic rings. The summed E-state index contributed by atoms with van der Waals surface area (Å²) in [4.78, 5) is 44.7. The molecule has 0 saturated heterocycles. The Morgan fingerprint density at radius 1 is 1.02 bits per heavy atom. The molecule has 0 aliphatic carbocycles. The lowest BCUT2D eigenvalue weighted by Gasteiger charge is -2.25. The van der Waals surface area contributed by atoms with Crippen molar-refractivity contribution in [3.63, 3.8) is 0 Å². The van der Waals surface area contributed by atoms with Gasteiger partial charge in [-0.15, -0.1) is 0 Å². The molecule has 222 valence electrons. The second kappa shape index (κ2) is 12.4. The molecule has 10 heteroatoms. The molecular formula is C33H32N2O7S. The third kappa shape index (κ3) is 6.45. The van der Waals surface area contributed by atoms with Gasteiger partial charge in [-0.2, -0.15) is 0 Å². The minimum absolute atomic E-state index is 0.0102. The van der Waals surface area contributed by atoms with E-state index in [1.807, 2.05) is 18.2 Å². The SMILES string of the molecule is COCCOC(=O)C1=C(C)N=c2s/c(=C\c3ccc(C(C)(C)C)cc3)c(=O)n2C1c1ccc(OC(=O)c2ccco2)cc1. The van der Waals surface area contributed by atoms with Crippen molar-refractivity contribution in [3.8, 4) is 5.75 Å². The summed E-state index contributed by atoms with van der Waals surface area (Å²) in [6.07, 6.45) is 3.22. The fourth-order valence-corrected chi connectivity index (χ4v) is 5.74. The van der Waals surface area contributed by atoms with Gasteiger partial charge in [0.05, 0.1) is 34.7 Å². The summed E-state index contributed by atoms with van der Waals surface area (Å²) in [5.74, 6) is -0.881. The van der Waals surface area contributed by atoms with Crippen molar-refractivity contribution in [2.45, 2.75) is 39.2 Å². The van der Waals surface area contributed by atoms with Crippen LogP contribution in [0.15, 0.2) is 92.4 Å². The van der Waals surface area contributed by atoms with Gasteiger partial charge in [-0.25, -0.2) is 14.6 Å². The molecule has 5 rings (SSSR count). The number of furan rings is 1. The predicted molar refractivity (Wildman–Crippen MR) is 162 cm³/mol. The molecule has 0 amide bonds. The number of rotatable bonds is 8. The number of benzene rings is 2. The van der Waals surface area contributed by atoms with E-state index < -0.39 is 18.0 Å². The molecule has 1 atom stereocenters. The van der Waals surface area contributed by atoms with Gasteiger partial charge in [-0.1, -0.05) is 68.5 Å². The van der Waals surface area contributed by atoms with Crippen LogP contribution in [0.2, 0.25) is 0 Å². The quantitative estimate of drug-likeness (QED) is 0.166. The first-order chi connectivity index (χ1) is 20.6. The molecule has 1 aliphatic rings. The van der Waals surface area contributed by atoms with E-state index in [-0.39, 0.29) is 41.3 Å². The average Bonchev–Trinajstić information content (AvgIpc) is 3.61. The van der Waals surface area contributed by atoms with Gasteiger partial charge < -0.3 is 18.6 Å². The number of hydrogen-bond acceptors (Lipinski definition) is 9. The number of esters is 2. The number of hydrogen-bond donors (Lipinski definition) is 0. The van der Waals surface area contributed by atoms with Crippen LogP contribution < -0.4 is 19.6 Å². The van der Waals surface area contributed by atoms with Gasteiger partial charge in [-0.05, 0) is 59.4 Å². The third-order valence-electron chi connectivity index (χ3n) is 6.97. The van der Waals surface area contributed by atoms with Gasteiger partial charge in [0, 0.05) is 7.11 Å². The van der Waals surface area contributed by atoms with Gasteiger partial charge >= 0.3 is 11.9 Å². The van der Waals surface area contributed by atoms with Crippen molar-refractivity contribution < 1.29 is 28.2 Å². The molecule has 3 heterocycles. The number of thiazole rings is 1. The van der Waals surface area contributed by atoms with E-state index in [9.17, 15) is 14.4 Å². The molecule has 1 unspecified atom stereocenters. The van der Waals surface area contributed by atoms with Crippen LogP contribution in [-0.4, -0.2) is 36.8 Å². The van der Waals surface area contributed by atoms with E-state index in [0.717, 1.165) is 5.56 Å². The molecule has 0 radical (unpaired) electrons. The minimum atomic E-state index is -0.813. The zero-order valence-corrected chi connectivity index (χ0v) is 25.4. The monoisotopic (exact) mass is 600 g/mol. The number of carbonyl (C=O) groups is 2. The van der Waals surface area contributed by atoms with E-state index in [4.69, 9.17) is 18.6 Å². The van der Waals surface area contributed by atoms with Crippen LogP contribution in [-0.2, 0) is 19.7 Å². The first kappa shape index (κ1) is 29.9. The fourth-order valence-electron chi connectivity index (χ4n) is 4.69. The standard InChI is InChI=1S/C33H32N2O7S/c1-20-27(31(38)41-18-17-39-5)28(22-10-14-24(15-11-22)42-30(37)25-7-6-16-40-25)35-29(36)26(43-32(35)34-20)19-21-8-12-23(13-9-21)33(2,3)4/h6-16,19,28H,17-18H2,1-5H3/b26-19-. The van der Waals surface area contributed by atoms with Crippen molar-refractivity contribution in [3.05, 3.63) is 120 Å². The van der Waals surface area contributed by atoms with Gasteiger partial charge in [0.1, 0.15) is 12.4 Å². The summed E-state index contributed by atoms with van der Waals surface area (Å²) in [5, 5.41) is 0. The minimum Gasteiger partial charge on any atom is -0.460 e. The summed E-state index contributed by atoms with van der Waals surface area (Å²) in [5.41, 5.74) is 3.11.